The number of allylic oxidation sites excluding steroid dienone is 4. The summed E-state index contributed by atoms with van der Waals surface area (Å²) in [6, 6.07) is 37.0. The molecule has 0 fully saturated rings. The maximum Gasteiger partial charge on any atom is -1.00 e. The van der Waals surface area contributed by atoms with Crippen LogP contribution in [0.15, 0.2) is 121 Å². The Kier molecular flexibility index (Phi) is 10.2. The van der Waals surface area contributed by atoms with Crippen molar-refractivity contribution in [3.05, 3.63) is 149 Å². The van der Waals surface area contributed by atoms with Crippen molar-refractivity contribution in [3.8, 4) is 11.1 Å². The smallest absolute Gasteiger partial charge is 1.00 e. The molecule has 0 amide bonds. The average molecular weight is 644 g/mol. The number of aryl methyl sites for hydroxylation is 1. The van der Waals surface area contributed by atoms with E-state index in [9.17, 15) is 0 Å². The molecule has 0 radical (unpaired) electrons. The molecule has 1 nitrogen and oxygen atoms in total. The Hall–Kier alpha value is -2.51. The van der Waals surface area contributed by atoms with E-state index in [1.807, 2.05) is 0 Å². The predicted molar refractivity (Wildman–Crippen MR) is 160 cm³/mol. The molecule has 0 saturated carbocycles. The maximum absolute atomic E-state index is 2.58. The Labute approximate surface area is 259 Å². The van der Waals surface area contributed by atoms with Crippen LogP contribution in [0, 0.1) is 0 Å². The van der Waals surface area contributed by atoms with E-state index in [4.69, 9.17) is 0 Å². The molecule has 0 aliphatic heterocycles. The molecular formula is C36H35Cl2NZr. The number of fused-ring (bicyclic) bond motifs is 3. The molecule has 4 aromatic rings. The summed E-state index contributed by atoms with van der Waals surface area (Å²) in [6.45, 7) is 2.29. The van der Waals surface area contributed by atoms with E-state index in [0.29, 0.717) is 7.25 Å². The van der Waals surface area contributed by atoms with Gasteiger partial charge in [-0.15, -0.1) is 0 Å². The standard InChI is InChI=1S/C18H20N.C13H10.C5H5.2ClH.Zr/c1-4-5-13-6-8-17-14(10-13)11-15-12-16(19(2)3)7-9-18(15)17;1-3-7-12(8-4-1)11-13-9-5-2-6-10-13;1-2-4-5-3-1;;;/h6-12H,4-5H2,1-3H3;1-10H;1-5H;2*1H;/q;;;;;+2/p-2. The number of nitrogens with zero attached hydrogens (tertiary/aromatic N) is 1. The van der Waals surface area contributed by atoms with E-state index in [2.05, 4.69) is 147 Å². The minimum atomic E-state index is -2.58. The molecule has 40 heavy (non-hydrogen) atoms. The van der Waals surface area contributed by atoms with E-state index >= 15 is 0 Å². The molecule has 0 aromatic heterocycles. The molecule has 0 heterocycles. The first kappa shape index (κ1) is 30.5. The van der Waals surface area contributed by atoms with Gasteiger partial charge in [-0.25, -0.2) is 0 Å². The van der Waals surface area contributed by atoms with Gasteiger partial charge in [0.2, 0.25) is 0 Å². The van der Waals surface area contributed by atoms with Gasteiger partial charge in [0.1, 0.15) is 0 Å². The van der Waals surface area contributed by atoms with Crippen LogP contribution in [-0.4, -0.2) is 17.3 Å². The number of hydrogen-bond donors (Lipinski definition) is 0. The summed E-state index contributed by atoms with van der Waals surface area (Å²) >= 11 is -2.58. The first-order valence-corrected chi connectivity index (χ1v) is 17.9. The number of hydrogen-bond acceptors (Lipinski definition) is 1. The van der Waals surface area contributed by atoms with Crippen molar-refractivity contribution in [2.45, 2.75) is 27.0 Å². The van der Waals surface area contributed by atoms with Crippen LogP contribution in [0.25, 0.3) is 11.1 Å². The van der Waals surface area contributed by atoms with Gasteiger partial charge in [0.25, 0.3) is 0 Å². The molecule has 1 atom stereocenters. The third-order valence-corrected chi connectivity index (χ3v) is 16.6. The van der Waals surface area contributed by atoms with Crippen molar-refractivity contribution in [3.63, 3.8) is 0 Å². The molecule has 2 aliphatic carbocycles. The van der Waals surface area contributed by atoms with Crippen molar-refractivity contribution in [2.75, 3.05) is 19.0 Å². The minimum absolute atomic E-state index is 0. The fraction of sp³-hybridized carbons (Fsp3) is 0.194. The molecule has 2 aliphatic rings. The SMILES string of the molecule is CCCc1ccc2c(c1)[CH]([Zr+2](=[C](c1ccccc1)c1ccccc1)[CH]1C=CC=C1)c1cc(N(C)C)ccc1-2.[Cl-].[Cl-]. The molecule has 4 aromatic carbocycles. The second-order valence-corrected chi connectivity index (χ2v) is 17.2. The van der Waals surface area contributed by atoms with Crippen molar-refractivity contribution >= 4 is 8.89 Å². The Bertz CT molecular complexity index is 1500. The summed E-state index contributed by atoms with van der Waals surface area (Å²) in [5, 5.41) is 0. The van der Waals surface area contributed by atoms with Crippen LogP contribution in [-0.2, 0) is 27.7 Å². The zero-order valence-electron chi connectivity index (χ0n) is 23.3. The van der Waals surface area contributed by atoms with E-state index in [1.54, 1.807) is 8.77 Å². The summed E-state index contributed by atoms with van der Waals surface area (Å²) in [7, 11) is 4.32. The quantitative estimate of drug-likeness (QED) is 0.300. The van der Waals surface area contributed by atoms with Crippen LogP contribution >= 0.6 is 0 Å². The van der Waals surface area contributed by atoms with Crippen LogP contribution in [0.4, 0.5) is 5.69 Å². The van der Waals surface area contributed by atoms with Gasteiger partial charge in [-0.05, 0) is 0 Å². The minimum Gasteiger partial charge on any atom is -1.00 e. The first-order valence-electron chi connectivity index (χ1n) is 13.8. The van der Waals surface area contributed by atoms with Crippen molar-refractivity contribution in [2.24, 2.45) is 0 Å². The summed E-state index contributed by atoms with van der Waals surface area (Å²) in [5.41, 5.74) is 11.5. The van der Waals surface area contributed by atoms with Gasteiger partial charge in [-0.1, -0.05) is 0 Å². The van der Waals surface area contributed by atoms with Crippen LogP contribution in [0.2, 0.25) is 3.63 Å². The Morgan fingerprint density at radius 2 is 1.25 bits per heavy atom. The Morgan fingerprint density at radius 3 is 1.80 bits per heavy atom. The Morgan fingerprint density at radius 1 is 0.700 bits per heavy atom. The zero-order valence-corrected chi connectivity index (χ0v) is 27.3. The topological polar surface area (TPSA) is 3.24 Å². The largest absolute Gasteiger partial charge is 1.00 e. The van der Waals surface area contributed by atoms with Gasteiger partial charge in [-0.2, -0.15) is 0 Å². The number of halogens is 2. The molecular weight excluding hydrogens is 609 g/mol. The number of anilines is 1. The van der Waals surface area contributed by atoms with Crippen molar-refractivity contribution in [1.29, 1.82) is 0 Å². The summed E-state index contributed by atoms with van der Waals surface area (Å²) in [4.78, 5) is 2.25. The third kappa shape index (κ3) is 5.78. The summed E-state index contributed by atoms with van der Waals surface area (Å²) in [6.07, 6.45) is 11.8. The molecule has 0 spiro atoms. The van der Waals surface area contributed by atoms with Gasteiger partial charge in [-0.3, -0.25) is 0 Å². The van der Waals surface area contributed by atoms with Crippen molar-refractivity contribution < 1.29 is 46.1 Å². The van der Waals surface area contributed by atoms with E-state index in [1.165, 1.54) is 45.5 Å². The molecule has 0 N–H and O–H groups in total. The van der Waals surface area contributed by atoms with E-state index in [0.717, 1.165) is 6.42 Å². The monoisotopic (exact) mass is 641 g/mol. The molecule has 0 saturated heterocycles. The molecule has 0 bridgehead atoms. The molecule has 202 valence electrons. The van der Waals surface area contributed by atoms with Crippen molar-refractivity contribution in [1.82, 2.24) is 0 Å². The van der Waals surface area contributed by atoms with Crippen LogP contribution in [0.5, 0.6) is 0 Å². The average Bonchev–Trinajstić information content (AvgIpc) is 3.59. The predicted octanol–water partition coefficient (Wildman–Crippen LogP) is 2.58. The fourth-order valence-corrected chi connectivity index (χ4v) is 15.5. The van der Waals surface area contributed by atoms with E-state index in [-0.39, 0.29) is 24.8 Å². The zero-order chi connectivity index (χ0) is 26.1. The third-order valence-electron chi connectivity index (χ3n) is 7.95. The van der Waals surface area contributed by atoms with Crippen LogP contribution < -0.4 is 29.7 Å². The first-order chi connectivity index (χ1) is 18.7. The molecule has 6 rings (SSSR count). The second-order valence-electron chi connectivity index (χ2n) is 10.6. The van der Waals surface area contributed by atoms with Gasteiger partial charge in [0.15, 0.2) is 0 Å². The summed E-state index contributed by atoms with van der Waals surface area (Å²) < 4.78 is 2.58. The Balaban J connectivity index is 0.00000185. The van der Waals surface area contributed by atoms with Gasteiger partial charge in [0.05, 0.1) is 0 Å². The maximum atomic E-state index is 2.56. The van der Waals surface area contributed by atoms with Gasteiger partial charge < -0.3 is 24.8 Å². The summed E-state index contributed by atoms with van der Waals surface area (Å²) in [5.74, 6) is 0. The second kappa shape index (κ2) is 13.4. The molecule has 4 heteroatoms. The number of benzene rings is 4. The van der Waals surface area contributed by atoms with E-state index < -0.39 is 21.3 Å². The number of rotatable bonds is 7. The van der Waals surface area contributed by atoms with Gasteiger partial charge >= 0.3 is 236 Å². The normalized spacial score (nSPS) is 14.4. The van der Waals surface area contributed by atoms with Crippen LogP contribution in [0.3, 0.4) is 0 Å². The van der Waals surface area contributed by atoms with Gasteiger partial charge in [0, 0.05) is 0 Å². The van der Waals surface area contributed by atoms with Crippen LogP contribution in [0.1, 0.15) is 44.8 Å². The fourth-order valence-electron chi connectivity index (χ4n) is 6.21. The molecule has 1 unspecified atom stereocenters.